The minimum absolute atomic E-state index is 0.227. The average Bonchev–Trinajstić information content (AvgIpc) is 1.85. The highest BCUT2D eigenvalue weighted by Gasteiger charge is 2.05. The lowest BCUT2D eigenvalue weighted by Crippen LogP contribution is -2.12. The lowest BCUT2D eigenvalue weighted by atomic mass is 10.2. The first-order chi connectivity index (χ1) is 5.09. The molecule has 0 saturated carbocycles. The Labute approximate surface area is 60.8 Å². The van der Waals surface area contributed by atoms with Gasteiger partial charge in [-0.05, 0) is 0 Å². The number of amides is 1. The zero-order chi connectivity index (χ0) is 8.43. The summed E-state index contributed by atoms with van der Waals surface area (Å²) < 4.78 is 24.5. The topological polar surface area (TPSA) is 56.0 Å². The summed E-state index contributed by atoms with van der Waals surface area (Å²) in [6.07, 6.45) is 0. The minimum Gasteiger partial charge on any atom is -0.366 e. The Morgan fingerprint density at radius 3 is 2.18 bits per heavy atom. The number of primary amides is 1. The first-order valence-corrected chi connectivity index (χ1v) is 2.72. The minimum atomic E-state index is -1.06. The van der Waals surface area contributed by atoms with Crippen LogP contribution in [-0.4, -0.2) is 10.9 Å². The highest BCUT2D eigenvalue weighted by Crippen LogP contribution is 2.02. The van der Waals surface area contributed by atoms with E-state index < -0.39 is 17.8 Å². The van der Waals surface area contributed by atoms with Gasteiger partial charge in [0, 0.05) is 17.7 Å². The van der Waals surface area contributed by atoms with Crippen molar-refractivity contribution in [2.75, 3.05) is 0 Å². The van der Waals surface area contributed by atoms with Crippen LogP contribution in [0.3, 0.4) is 0 Å². The van der Waals surface area contributed by atoms with Crippen LogP contribution in [0.2, 0.25) is 0 Å². The molecule has 0 atom stereocenters. The van der Waals surface area contributed by atoms with Gasteiger partial charge in [0.1, 0.15) is 0 Å². The molecule has 11 heavy (non-hydrogen) atoms. The molecule has 0 radical (unpaired) electrons. The maximum Gasteiger partial charge on any atom is 0.249 e. The summed E-state index contributed by atoms with van der Waals surface area (Å²) in [4.78, 5) is 13.1. The second-order valence-corrected chi connectivity index (χ2v) is 1.87. The van der Waals surface area contributed by atoms with E-state index in [-0.39, 0.29) is 5.56 Å². The van der Waals surface area contributed by atoms with Gasteiger partial charge in [0.05, 0.1) is 0 Å². The van der Waals surface area contributed by atoms with Gasteiger partial charge in [-0.3, -0.25) is 4.79 Å². The molecule has 0 spiro atoms. The van der Waals surface area contributed by atoms with Crippen LogP contribution in [0.1, 0.15) is 10.4 Å². The molecule has 0 aliphatic carbocycles. The van der Waals surface area contributed by atoms with Crippen LogP contribution in [0.15, 0.2) is 12.1 Å². The average molecular weight is 158 g/mol. The SMILES string of the molecule is NC(=O)c1cc(F)nc(F)c1. The zero-order valence-corrected chi connectivity index (χ0v) is 5.34. The first-order valence-electron chi connectivity index (χ1n) is 2.72. The highest BCUT2D eigenvalue weighted by molar-refractivity contribution is 5.92. The van der Waals surface area contributed by atoms with Gasteiger partial charge in [0.25, 0.3) is 0 Å². The zero-order valence-electron chi connectivity index (χ0n) is 5.34. The molecule has 3 nitrogen and oxygen atoms in total. The van der Waals surface area contributed by atoms with E-state index in [1.54, 1.807) is 0 Å². The van der Waals surface area contributed by atoms with Crippen LogP contribution in [0.4, 0.5) is 8.78 Å². The lowest BCUT2D eigenvalue weighted by Gasteiger charge is -1.93. The molecule has 5 heteroatoms. The fourth-order valence-corrected chi connectivity index (χ4v) is 0.607. The quantitative estimate of drug-likeness (QED) is 0.603. The summed E-state index contributed by atoms with van der Waals surface area (Å²) in [5.41, 5.74) is 4.52. The third-order valence-corrected chi connectivity index (χ3v) is 1.05. The summed E-state index contributed by atoms with van der Waals surface area (Å²) in [6.45, 7) is 0. The first kappa shape index (κ1) is 7.59. The highest BCUT2D eigenvalue weighted by atomic mass is 19.1. The summed E-state index contributed by atoms with van der Waals surface area (Å²) in [7, 11) is 0. The van der Waals surface area contributed by atoms with E-state index in [0.29, 0.717) is 0 Å². The van der Waals surface area contributed by atoms with E-state index in [1.807, 2.05) is 0 Å². The molecule has 0 saturated heterocycles. The van der Waals surface area contributed by atoms with Crippen molar-refractivity contribution in [1.82, 2.24) is 4.98 Å². The number of aromatic nitrogens is 1. The third-order valence-electron chi connectivity index (χ3n) is 1.05. The van der Waals surface area contributed by atoms with Crippen molar-refractivity contribution in [1.29, 1.82) is 0 Å². The van der Waals surface area contributed by atoms with E-state index >= 15 is 0 Å². The Kier molecular flexibility index (Phi) is 1.80. The van der Waals surface area contributed by atoms with Crippen LogP contribution in [-0.2, 0) is 0 Å². The number of carbonyl (C=O) groups is 1. The van der Waals surface area contributed by atoms with Crippen molar-refractivity contribution in [3.63, 3.8) is 0 Å². The third kappa shape index (κ3) is 1.70. The van der Waals surface area contributed by atoms with Crippen LogP contribution in [0.5, 0.6) is 0 Å². The Morgan fingerprint density at radius 2 is 1.82 bits per heavy atom. The summed E-state index contributed by atoms with van der Waals surface area (Å²) in [5.74, 6) is -3.00. The number of halogens is 2. The number of nitrogens with two attached hydrogens (primary N) is 1. The van der Waals surface area contributed by atoms with Gasteiger partial charge in [-0.25, -0.2) is 0 Å². The van der Waals surface area contributed by atoms with Crippen LogP contribution in [0, 0.1) is 11.9 Å². The van der Waals surface area contributed by atoms with Crippen molar-refractivity contribution < 1.29 is 13.6 Å². The molecular weight excluding hydrogens is 154 g/mol. The Morgan fingerprint density at radius 1 is 1.36 bits per heavy atom. The summed E-state index contributed by atoms with van der Waals surface area (Å²) >= 11 is 0. The lowest BCUT2D eigenvalue weighted by molar-refractivity contribution is 0.0999. The van der Waals surface area contributed by atoms with E-state index in [4.69, 9.17) is 5.73 Å². The molecule has 1 heterocycles. The van der Waals surface area contributed by atoms with Gasteiger partial charge < -0.3 is 5.73 Å². The predicted molar refractivity (Wildman–Crippen MR) is 32.7 cm³/mol. The molecule has 58 valence electrons. The smallest absolute Gasteiger partial charge is 0.249 e. The number of pyridine rings is 1. The van der Waals surface area contributed by atoms with Gasteiger partial charge in [-0.1, -0.05) is 0 Å². The van der Waals surface area contributed by atoms with Crippen molar-refractivity contribution in [3.8, 4) is 0 Å². The van der Waals surface area contributed by atoms with E-state index in [9.17, 15) is 13.6 Å². The van der Waals surface area contributed by atoms with Gasteiger partial charge in [-0.15, -0.1) is 0 Å². The maximum atomic E-state index is 12.2. The molecule has 1 rings (SSSR count). The van der Waals surface area contributed by atoms with Crippen molar-refractivity contribution >= 4 is 5.91 Å². The molecular formula is C6H4F2N2O. The standard InChI is InChI=1S/C6H4F2N2O/c7-4-1-3(6(9)11)2-5(8)10-4/h1-2H,(H2,9,11). The Balaban J connectivity index is 3.19. The molecule has 1 aromatic rings. The number of hydrogen-bond donors (Lipinski definition) is 1. The molecule has 0 fully saturated rings. The van der Waals surface area contributed by atoms with Crippen molar-refractivity contribution in [3.05, 3.63) is 29.6 Å². The fraction of sp³-hybridized carbons (Fsp3) is 0. The van der Waals surface area contributed by atoms with E-state index in [2.05, 4.69) is 4.98 Å². The molecule has 0 bridgehead atoms. The molecule has 2 N–H and O–H groups in total. The molecule has 1 amide bonds. The van der Waals surface area contributed by atoms with Crippen molar-refractivity contribution in [2.45, 2.75) is 0 Å². The molecule has 0 unspecified atom stereocenters. The van der Waals surface area contributed by atoms with Gasteiger partial charge in [0.2, 0.25) is 17.8 Å². The van der Waals surface area contributed by atoms with Crippen LogP contribution < -0.4 is 5.73 Å². The fourth-order valence-electron chi connectivity index (χ4n) is 0.607. The van der Waals surface area contributed by atoms with E-state index in [0.717, 1.165) is 12.1 Å². The predicted octanol–water partition coefficient (Wildman–Crippen LogP) is 0.459. The molecule has 0 aromatic carbocycles. The summed E-state index contributed by atoms with van der Waals surface area (Å²) in [5, 5.41) is 0. The Hall–Kier alpha value is -1.52. The number of rotatable bonds is 1. The number of carbonyl (C=O) groups excluding carboxylic acids is 1. The molecule has 1 aromatic heterocycles. The van der Waals surface area contributed by atoms with Gasteiger partial charge in [0.15, 0.2) is 0 Å². The number of nitrogens with zero attached hydrogens (tertiary/aromatic N) is 1. The molecule has 0 aliphatic rings. The van der Waals surface area contributed by atoms with E-state index in [1.165, 1.54) is 0 Å². The summed E-state index contributed by atoms with van der Waals surface area (Å²) in [6, 6.07) is 1.54. The second kappa shape index (κ2) is 2.61. The largest absolute Gasteiger partial charge is 0.366 e. The van der Waals surface area contributed by atoms with Crippen molar-refractivity contribution in [2.24, 2.45) is 5.73 Å². The number of hydrogen-bond acceptors (Lipinski definition) is 2. The maximum absolute atomic E-state index is 12.2. The second-order valence-electron chi connectivity index (χ2n) is 1.87. The monoisotopic (exact) mass is 158 g/mol. The van der Waals surface area contributed by atoms with Gasteiger partial charge in [-0.2, -0.15) is 13.8 Å². The molecule has 0 aliphatic heterocycles. The van der Waals surface area contributed by atoms with Crippen LogP contribution >= 0.6 is 0 Å². The Bertz CT molecular complexity index is 280. The van der Waals surface area contributed by atoms with Gasteiger partial charge >= 0.3 is 0 Å². The normalized spacial score (nSPS) is 9.64. The van der Waals surface area contributed by atoms with Crippen LogP contribution in [0.25, 0.3) is 0 Å².